The van der Waals surface area contributed by atoms with E-state index in [-0.39, 0.29) is 17.3 Å². The molecule has 1 amide bonds. The number of carbonyl (C=O) groups excluding carboxylic acids is 1. The van der Waals surface area contributed by atoms with E-state index in [9.17, 15) is 14.9 Å². The number of fused-ring (bicyclic) bond motifs is 1. The van der Waals surface area contributed by atoms with Crippen molar-refractivity contribution >= 4 is 22.9 Å². The number of hydrogen-bond donors (Lipinski definition) is 1. The zero-order valence-corrected chi connectivity index (χ0v) is 17.4. The second-order valence-corrected chi connectivity index (χ2v) is 7.52. The lowest BCUT2D eigenvalue weighted by Crippen LogP contribution is -2.47. The molecule has 162 valence electrons. The Labute approximate surface area is 179 Å². The summed E-state index contributed by atoms with van der Waals surface area (Å²) in [5, 5.41) is 11.5. The van der Waals surface area contributed by atoms with E-state index in [0.717, 1.165) is 18.8 Å². The average molecular weight is 424 g/mol. The van der Waals surface area contributed by atoms with Gasteiger partial charge in [0.05, 0.1) is 23.4 Å². The summed E-state index contributed by atoms with van der Waals surface area (Å²) in [6, 6.07) is 8.45. The van der Waals surface area contributed by atoms with Crippen LogP contribution in [0.25, 0.3) is 16.9 Å². The van der Waals surface area contributed by atoms with Crippen molar-refractivity contribution in [2.24, 2.45) is 0 Å². The Morgan fingerprint density at radius 1 is 1.23 bits per heavy atom. The minimum absolute atomic E-state index is 0.0773. The van der Waals surface area contributed by atoms with E-state index < -0.39 is 4.92 Å². The van der Waals surface area contributed by atoms with Crippen molar-refractivity contribution in [3.05, 3.63) is 52.3 Å². The van der Waals surface area contributed by atoms with Gasteiger partial charge in [0, 0.05) is 63.2 Å². The summed E-state index contributed by atoms with van der Waals surface area (Å²) in [5.41, 5.74) is 9.38. The number of nitro groups is 1. The molecule has 0 radical (unpaired) electrons. The third kappa shape index (κ3) is 4.02. The van der Waals surface area contributed by atoms with Gasteiger partial charge in [0.15, 0.2) is 5.75 Å². The van der Waals surface area contributed by atoms with Crippen molar-refractivity contribution in [1.29, 1.82) is 0 Å². The number of hydrogen-bond acceptors (Lipinski definition) is 7. The summed E-state index contributed by atoms with van der Waals surface area (Å²) in [6.07, 6.45) is 1.81. The summed E-state index contributed by atoms with van der Waals surface area (Å²) < 4.78 is 7.06. The Kier molecular flexibility index (Phi) is 5.47. The van der Waals surface area contributed by atoms with Crippen LogP contribution in [-0.4, -0.2) is 63.3 Å². The first-order chi connectivity index (χ1) is 14.9. The standard InChI is InChI=1S/C21H24N6O4/c1-14(28)25-9-7-24(8-10-25)13-18-21(23-20-6-4-16(22)12-26(18)20)15-3-5-19(31-2)17(11-15)27(29)30/h3-6,11-12H,7-10,13,22H2,1-2H3. The van der Waals surface area contributed by atoms with Crippen LogP contribution in [0.3, 0.4) is 0 Å². The first-order valence-corrected chi connectivity index (χ1v) is 9.94. The number of piperazine rings is 1. The van der Waals surface area contributed by atoms with Crippen LogP contribution in [0.4, 0.5) is 11.4 Å². The zero-order valence-electron chi connectivity index (χ0n) is 17.4. The van der Waals surface area contributed by atoms with Crippen molar-refractivity contribution < 1.29 is 14.5 Å². The number of methoxy groups -OCH3 is 1. The number of amides is 1. The fraction of sp³-hybridized carbons (Fsp3) is 0.333. The number of anilines is 1. The highest BCUT2D eigenvalue weighted by molar-refractivity contribution is 5.73. The van der Waals surface area contributed by atoms with Crippen molar-refractivity contribution in [3.8, 4) is 17.0 Å². The Balaban J connectivity index is 1.75. The number of nitrogens with zero attached hydrogens (tertiary/aromatic N) is 5. The Bertz CT molecular complexity index is 1150. The van der Waals surface area contributed by atoms with Gasteiger partial charge in [-0.3, -0.25) is 19.8 Å². The van der Waals surface area contributed by atoms with Crippen molar-refractivity contribution in [1.82, 2.24) is 19.2 Å². The Morgan fingerprint density at radius 3 is 2.61 bits per heavy atom. The smallest absolute Gasteiger partial charge is 0.311 e. The van der Waals surface area contributed by atoms with Crippen LogP contribution >= 0.6 is 0 Å². The lowest BCUT2D eigenvalue weighted by molar-refractivity contribution is -0.385. The number of nitrogens with two attached hydrogens (primary N) is 1. The normalized spacial score (nSPS) is 14.7. The Morgan fingerprint density at radius 2 is 1.97 bits per heavy atom. The highest BCUT2D eigenvalue weighted by Gasteiger charge is 2.24. The predicted molar refractivity (Wildman–Crippen MR) is 116 cm³/mol. The summed E-state index contributed by atoms with van der Waals surface area (Å²) in [5.74, 6) is 0.275. The van der Waals surface area contributed by atoms with Crippen LogP contribution in [0.1, 0.15) is 12.6 Å². The number of nitro benzene ring substituents is 1. The van der Waals surface area contributed by atoms with Crippen molar-refractivity contribution in [2.45, 2.75) is 13.5 Å². The molecule has 2 aromatic heterocycles. The fourth-order valence-corrected chi connectivity index (χ4v) is 3.90. The number of carbonyl (C=O) groups is 1. The van der Waals surface area contributed by atoms with Gasteiger partial charge in [0.25, 0.3) is 0 Å². The van der Waals surface area contributed by atoms with Gasteiger partial charge in [-0.25, -0.2) is 4.98 Å². The number of ether oxygens (including phenoxy) is 1. The van der Waals surface area contributed by atoms with E-state index in [2.05, 4.69) is 4.90 Å². The van der Waals surface area contributed by atoms with Crippen LogP contribution in [0.2, 0.25) is 0 Å². The topological polar surface area (TPSA) is 119 Å². The third-order valence-electron chi connectivity index (χ3n) is 5.58. The molecule has 3 aromatic rings. The molecule has 31 heavy (non-hydrogen) atoms. The highest BCUT2D eigenvalue weighted by atomic mass is 16.6. The first kappa shape index (κ1) is 20.6. The minimum atomic E-state index is -0.462. The molecule has 1 aromatic carbocycles. The SMILES string of the molecule is COc1ccc(-c2nc3ccc(N)cn3c2CN2CCN(C(C)=O)CC2)cc1[N+](=O)[O-]. The molecule has 0 aliphatic carbocycles. The molecule has 1 fully saturated rings. The van der Waals surface area contributed by atoms with Crippen LogP contribution in [0.15, 0.2) is 36.5 Å². The molecule has 1 aliphatic heterocycles. The third-order valence-corrected chi connectivity index (χ3v) is 5.58. The molecule has 10 nitrogen and oxygen atoms in total. The van der Waals surface area contributed by atoms with E-state index in [4.69, 9.17) is 15.5 Å². The molecule has 2 N–H and O–H groups in total. The monoisotopic (exact) mass is 424 g/mol. The number of nitrogen functional groups attached to an aromatic ring is 1. The summed E-state index contributed by atoms with van der Waals surface area (Å²) in [6.45, 7) is 4.95. The summed E-state index contributed by atoms with van der Waals surface area (Å²) in [7, 11) is 1.40. The molecule has 1 aliphatic rings. The second-order valence-electron chi connectivity index (χ2n) is 7.52. The molecule has 0 atom stereocenters. The van der Waals surface area contributed by atoms with Gasteiger partial charge in [-0.05, 0) is 24.3 Å². The number of aromatic nitrogens is 2. The fourth-order valence-electron chi connectivity index (χ4n) is 3.90. The number of imidazole rings is 1. The largest absolute Gasteiger partial charge is 0.490 e. The van der Waals surface area contributed by atoms with Gasteiger partial charge in [0.2, 0.25) is 5.91 Å². The molecule has 0 bridgehead atoms. The molecule has 4 rings (SSSR count). The van der Waals surface area contributed by atoms with Gasteiger partial charge < -0.3 is 19.8 Å². The summed E-state index contributed by atoms with van der Waals surface area (Å²) in [4.78, 5) is 31.5. The predicted octanol–water partition coefficient (Wildman–Crippen LogP) is 2.16. The molecule has 10 heteroatoms. The van der Waals surface area contributed by atoms with Crippen LogP contribution < -0.4 is 10.5 Å². The molecule has 0 spiro atoms. The van der Waals surface area contributed by atoms with E-state index in [1.54, 1.807) is 25.1 Å². The maximum absolute atomic E-state index is 11.6. The summed E-state index contributed by atoms with van der Waals surface area (Å²) >= 11 is 0. The van der Waals surface area contributed by atoms with Gasteiger partial charge >= 0.3 is 5.69 Å². The highest BCUT2D eigenvalue weighted by Crippen LogP contribution is 2.34. The van der Waals surface area contributed by atoms with E-state index in [1.807, 2.05) is 21.6 Å². The molecular weight excluding hydrogens is 400 g/mol. The Hall–Kier alpha value is -3.66. The number of benzene rings is 1. The number of pyridine rings is 1. The van der Waals surface area contributed by atoms with Gasteiger partial charge in [-0.2, -0.15) is 0 Å². The minimum Gasteiger partial charge on any atom is -0.490 e. The quantitative estimate of drug-likeness (QED) is 0.492. The number of rotatable bonds is 5. The second kappa shape index (κ2) is 8.23. The van der Waals surface area contributed by atoms with Gasteiger partial charge in [-0.1, -0.05) is 0 Å². The van der Waals surface area contributed by atoms with Crippen molar-refractivity contribution in [3.63, 3.8) is 0 Å². The van der Waals surface area contributed by atoms with Gasteiger partial charge in [0.1, 0.15) is 5.65 Å². The first-order valence-electron chi connectivity index (χ1n) is 9.94. The van der Waals surface area contributed by atoms with Crippen LogP contribution in [-0.2, 0) is 11.3 Å². The van der Waals surface area contributed by atoms with E-state index in [0.29, 0.717) is 42.2 Å². The van der Waals surface area contributed by atoms with E-state index in [1.165, 1.54) is 13.2 Å². The van der Waals surface area contributed by atoms with E-state index >= 15 is 0 Å². The maximum Gasteiger partial charge on any atom is 0.311 e. The maximum atomic E-state index is 11.6. The lowest BCUT2D eigenvalue weighted by atomic mass is 10.1. The lowest BCUT2D eigenvalue weighted by Gasteiger charge is -2.34. The zero-order chi connectivity index (χ0) is 22.1. The van der Waals surface area contributed by atoms with Crippen molar-refractivity contribution in [2.75, 3.05) is 39.0 Å². The molecular formula is C21H24N6O4. The molecule has 0 unspecified atom stereocenters. The van der Waals surface area contributed by atoms with Crippen LogP contribution in [0.5, 0.6) is 5.75 Å². The molecule has 1 saturated heterocycles. The van der Waals surface area contributed by atoms with Gasteiger partial charge in [-0.15, -0.1) is 0 Å². The van der Waals surface area contributed by atoms with Crippen LogP contribution in [0, 0.1) is 10.1 Å². The molecule has 0 saturated carbocycles. The average Bonchev–Trinajstić information content (AvgIpc) is 3.11. The molecule has 3 heterocycles.